The number of H-pyrrole nitrogens is 1. The number of hydrogen-bond acceptors (Lipinski definition) is 5. The van der Waals surface area contributed by atoms with Gasteiger partial charge in [-0.1, -0.05) is 0 Å². The van der Waals surface area contributed by atoms with Crippen molar-refractivity contribution in [2.45, 2.75) is 18.2 Å². The van der Waals surface area contributed by atoms with Crippen LogP contribution in [0, 0.1) is 6.92 Å². The van der Waals surface area contributed by atoms with E-state index in [4.69, 9.17) is 5.11 Å². The first-order chi connectivity index (χ1) is 8.08. The summed E-state index contributed by atoms with van der Waals surface area (Å²) in [7, 11) is -3.45. The van der Waals surface area contributed by atoms with E-state index in [1.165, 1.54) is 6.20 Å². The smallest absolute Gasteiger partial charge is 0.243 e. The fourth-order valence-corrected chi connectivity index (χ4v) is 3.28. The van der Waals surface area contributed by atoms with Crippen LogP contribution >= 0.6 is 11.8 Å². The van der Waals surface area contributed by atoms with Crippen LogP contribution in [-0.2, 0) is 10.0 Å². The maximum Gasteiger partial charge on any atom is 0.243 e. The Morgan fingerprint density at radius 3 is 2.88 bits per heavy atom. The molecule has 0 aliphatic rings. The summed E-state index contributed by atoms with van der Waals surface area (Å²) >= 11 is 1.61. The summed E-state index contributed by atoms with van der Waals surface area (Å²) in [6, 6.07) is 0. The van der Waals surface area contributed by atoms with Crippen LogP contribution < -0.4 is 4.72 Å². The molecule has 0 unspecified atom stereocenters. The molecule has 0 saturated carbocycles. The molecule has 0 saturated heterocycles. The van der Waals surface area contributed by atoms with Gasteiger partial charge in [0.15, 0.2) is 0 Å². The van der Waals surface area contributed by atoms with Gasteiger partial charge < -0.3 is 5.11 Å². The lowest BCUT2D eigenvalue weighted by Crippen LogP contribution is -2.26. The second-order valence-corrected chi connectivity index (χ2v) is 6.41. The Hall–Kier alpha value is -0.570. The van der Waals surface area contributed by atoms with E-state index < -0.39 is 10.0 Å². The largest absolute Gasteiger partial charge is 0.396 e. The van der Waals surface area contributed by atoms with E-state index in [9.17, 15) is 8.42 Å². The summed E-state index contributed by atoms with van der Waals surface area (Å²) < 4.78 is 26.1. The number of aryl methyl sites for hydroxylation is 1. The third-order valence-corrected chi connectivity index (χ3v) is 4.70. The maximum atomic E-state index is 11.8. The summed E-state index contributed by atoms with van der Waals surface area (Å²) in [4.78, 5) is 0.192. The molecule has 0 radical (unpaired) electrons. The van der Waals surface area contributed by atoms with Gasteiger partial charge in [-0.3, -0.25) is 5.10 Å². The van der Waals surface area contributed by atoms with Crippen LogP contribution in [0.1, 0.15) is 12.1 Å². The Labute approximate surface area is 105 Å². The molecule has 0 spiro atoms. The van der Waals surface area contributed by atoms with Crippen molar-refractivity contribution in [2.24, 2.45) is 0 Å². The molecule has 1 aromatic heterocycles. The molecule has 1 heterocycles. The summed E-state index contributed by atoms with van der Waals surface area (Å²) in [6.07, 6.45) is 2.04. The Balaban J connectivity index is 2.34. The molecule has 1 aromatic rings. The number of sulfonamides is 1. The third-order valence-electron chi connectivity index (χ3n) is 2.06. The molecule has 8 heteroatoms. The van der Waals surface area contributed by atoms with Gasteiger partial charge in [0.25, 0.3) is 0 Å². The minimum absolute atomic E-state index is 0.174. The van der Waals surface area contributed by atoms with E-state index >= 15 is 0 Å². The lowest BCUT2D eigenvalue weighted by atomic mass is 10.5. The molecule has 0 amide bonds. The molecular weight excluding hydrogens is 262 g/mol. The number of nitrogens with one attached hydrogen (secondary N) is 2. The first-order valence-electron chi connectivity index (χ1n) is 5.26. The van der Waals surface area contributed by atoms with Gasteiger partial charge in [-0.25, -0.2) is 13.1 Å². The Morgan fingerprint density at radius 1 is 1.53 bits per heavy atom. The molecule has 0 atom stereocenters. The zero-order valence-corrected chi connectivity index (χ0v) is 11.3. The molecule has 0 aliphatic carbocycles. The van der Waals surface area contributed by atoms with Crippen molar-refractivity contribution >= 4 is 21.8 Å². The Bertz CT molecular complexity index is 430. The van der Waals surface area contributed by atoms with Crippen LogP contribution in [0.2, 0.25) is 0 Å². The normalized spacial score (nSPS) is 11.9. The van der Waals surface area contributed by atoms with E-state index in [0.29, 0.717) is 18.0 Å². The van der Waals surface area contributed by atoms with Crippen molar-refractivity contribution in [2.75, 3.05) is 24.7 Å². The number of aromatic nitrogens is 2. The summed E-state index contributed by atoms with van der Waals surface area (Å²) in [6.45, 7) is 2.22. The lowest BCUT2D eigenvalue weighted by Gasteiger charge is -2.05. The first-order valence-corrected chi connectivity index (χ1v) is 7.90. The maximum absolute atomic E-state index is 11.8. The van der Waals surface area contributed by atoms with Crippen molar-refractivity contribution in [3.05, 3.63) is 11.9 Å². The van der Waals surface area contributed by atoms with Gasteiger partial charge in [-0.2, -0.15) is 16.9 Å². The van der Waals surface area contributed by atoms with Crippen molar-refractivity contribution < 1.29 is 13.5 Å². The highest BCUT2D eigenvalue weighted by Gasteiger charge is 2.17. The highest BCUT2D eigenvalue weighted by Crippen LogP contribution is 2.10. The number of nitrogens with zero attached hydrogens (tertiary/aromatic N) is 1. The van der Waals surface area contributed by atoms with Gasteiger partial charge in [0, 0.05) is 18.9 Å². The Morgan fingerprint density at radius 2 is 2.29 bits per heavy atom. The van der Waals surface area contributed by atoms with Crippen LogP contribution in [0.5, 0.6) is 0 Å². The number of thioether (sulfide) groups is 1. The first kappa shape index (κ1) is 14.5. The van der Waals surface area contributed by atoms with E-state index in [-0.39, 0.29) is 11.5 Å². The average molecular weight is 279 g/mol. The van der Waals surface area contributed by atoms with Gasteiger partial charge in [-0.05, 0) is 19.1 Å². The lowest BCUT2D eigenvalue weighted by molar-refractivity contribution is 0.296. The Kier molecular flexibility index (Phi) is 5.96. The molecular formula is C9H17N3O3S2. The topological polar surface area (TPSA) is 95.1 Å². The predicted molar refractivity (Wildman–Crippen MR) is 67.5 cm³/mol. The second-order valence-electron chi connectivity index (χ2n) is 3.45. The third kappa shape index (κ3) is 4.66. The van der Waals surface area contributed by atoms with Crippen molar-refractivity contribution in [3.8, 4) is 0 Å². The molecule has 0 bridgehead atoms. The number of aromatic amines is 1. The van der Waals surface area contributed by atoms with Crippen LogP contribution in [0.4, 0.5) is 0 Å². The van der Waals surface area contributed by atoms with Gasteiger partial charge in [0.05, 0.1) is 11.9 Å². The van der Waals surface area contributed by atoms with Gasteiger partial charge in [0.2, 0.25) is 10.0 Å². The van der Waals surface area contributed by atoms with Crippen LogP contribution in [-0.4, -0.2) is 48.4 Å². The van der Waals surface area contributed by atoms with Crippen LogP contribution in [0.15, 0.2) is 11.1 Å². The highest BCUT2D eigenvalue weighted by atomic mass is 32.2. The zero-order chi connectivity index (χ0) is 12.7. The van der Waals surface area contributed by atoms with Crippen LogP contribution in [0.25, 0.3) is 0 Å². The number of aliphatic hydroxyl groups is 1. The minimum atomic E-state index is -3.45. The van der Waals surface area contributed by atoms with Gasteiger partial charge in [-0.15, -0.1) is 0 Å². The molecule has 1 rings (SSSR count). The van der Waals surface area contributed by atoms with Crippen molar-refractivity contribution in [1.82, 2.24) is 14.9 Å². The monoisotopic (exact) mass is 279 g/mol. The fourth-order valence-electron chi connectivity index (χ4n) is 1.21. The fraction of sp³-hybridized carbons (Fsp3) is 0.667. The predicted octanol–water partition coefficient (Wildman–Crippen LogP) is 0.112. The summed E-state index contributed by atoms with van der Waals surface area (Å²) in [5, 5.41) is 14.8. The summed E-state index contributed by atoms with van der Waals surface area (Å²) in [5.74, 6) is 1.53. The van der Waals surface area contributed by atoms with Crippen molar-refractivity contribution in [1.29, 1.82) is 0 Å². The van der Waals surface area contributed by atoms with Gasteiger partial charge >= 0.3 is 0 Å². The van der Waals surface area contributed by atoms with Gasteiger partial charge in [0.1, 0.15) is 4.90 Å². The molecule has 6 nitrogen and oxygen atoms in total. The standard InChI is InChI=1S/C9H17N3O3S2/c1-8-9(7-10-12-8)17(14,15)11-3-6-16-5-2-4-13/h7,11,13H,2-6H2,1H3,(H,10,12). The SMILES string of the molecule is Cc1[nH]ncc1S(=O)(=O)NCCSCCCO. The average Bonchev–Trinajstić information content (AvgIpc) is 2.70. The molecule has 98 valence electrons. The number of aliphatic hydroxyl groups excluding tert-OH is 1. The van der Waals surface area contributed by atoms with Crippen LogP contribution in [0.3, 0.4) is 0 Å². The van der Waals surface area contributed by atoms with E-state index in [1.807, 2.05) is 0 Å². The zero-order valence-electron chi connectivity index (χ0n) is 9.64. The molecule has 0 aromatic carbocycles. The van der Waals surface area contributed by atoms with E-state index in [0.717, 1.165) is 12.2 Å². The summed E-state index contributed by atoms with van der Waals surface area (Å²) in [5.41, 5.74) is 0.533. The van der Waals surface area contributed by atoms with E-state index in [1.54, 1.807) is 18.7 Å². The molecule has 17 heavy (non-hydrogen) atoms. The molecule has 0 fully saturated rings. The number of hydrogen-bond donors (Lipinski definition) is 3. The minimum Gasteiger partial charge on any atom is -0.396 e. The second kappa shape index (κ2) is 7.00. The van der Waals surface area contributed by atoms with E-state index in [2.05, 4.69) is 14.9 Å². The quantitative estimate of drug-likeness (QED) is 0.587. The molecule has 0 aliphatic heterocycles. The number of rotatable bonds is 8. The highest BCUT2D eigenvalue weighted by molar-refractivity contribution is 7.99. The molecule has 3 N–H and O–H groups in total. The van der Waals surface area contributed by atoms with Crippen molar-refractivity contribution in [3.63, 3.8) is 0 Å².